The Bertz CT molecular complexity index is 328. The van der Waals surface area contributed by atoms with E-state index in [1.807, 2.05) is 4.57 Å². The number of nitrogens with zero attached hydrogens (tertiary/aromatic N) is 2. The van der Waals surface area contributed by atoms with Crippen LogP contribution in [0.15, 0.2) is 12.5 Å². The monoisotopic (exact) mass is 180 g/mol. The van der Waals surface area contributed by atoms with Gasteiger partial charge in [0.05, 0.1) is 17.9 Å². The van der Waals surface area contributed by atoms with Gasteiger partial charge in [-0.25, -0.2) is 4.98 Å². The number of carbonyl (C=O) groups is 1. The summed E-state index contributed by atoms with van der Waals surface area (Å²) in [5.41, 5.74) is 0.815. The molecule has 0 saturated heterocycles. The molecule has 70 valence electrons. The predicted molar refractivity (Wildman–Crippen MR) is 46.5 cm³/mol. The van der Waals surface area contributed by atoms with Gasteiger partial charge in [-0.15, -0.1) is 0 Å². The Hall–Kier alpha value is -1.32. The lowest BCUT2D eigenvalue weighted by Crippen LogP contribution is -2.12. The minimum Gasteiger partial charge on any atom is -0.481 e. The van der Waals surface area contributed by atoms with E-state index in [0.717, 1.165) is 18.5 Å². The summed E-state index contributed by atoms with van der Waals surface area (Å²) in [6.45, 7) is 1.69. The summed E-state index contributed by atoms with van der Waals surface area (Å²) in [5, 5.41) is 8.84. The number of aliphatic carboxylic acids is 1. The first-order chi connectivity index (χ1) is 6.20. The van der Waals surface area contributed by atoms with Gasteiger partial charge in [0, 0.05) is 12.2 Å². The highest BCUT2D eigenvalue weighted by Crippen LogP contribution is 2.37. The van der Waals surface area contributed by atoms with Crippen LogP contribution in [0.2, 0.25) is 0 Å². The SMILES string of the molecule is CC(C(=O)O)c1cncn1C1CC1. The summed E-state index contributed by atoms with van der Waals surface area (Å²) >= 11 is 0. The van der Waals surface area contributed by atoms with E-state index in [1.165, 1.54) is 0 Å². The number of carboxylic acids is 1. The predicted octanol–water partition coefficient (Wildman–Crippen LogP) is 1.41. The number of hydrogen-bond donors (Lipinski definition) is 1. The Morgan fingerprint density at radius 1 is 1.77 bits per heavy atom. The van der Waals surface area contributed by atoms with Crippen molar-refractivity contribution in [3.63, 3.8) is 0 Å². The van der Waals surface area contributed by atoms with E-state index in [-0.39, 0.29) is 0 Å². The van der Waals surface area contributed by atoms with Crippen molar-refractivity contribution in [1.82, 2.24) is 9.55 Å². The molecule has 4 nitrogen and oxygen atoms in total. The van der Waals surface area contributed by atoms with Crippen LogP contribution in [-0.4, -0.2) is 20.6 Å². The Kier molecular flexibility index (Phi) is 1.83. The van der Waals surface area contributed by atoms with Crippen LogP contribution in [-0.2, 0) is 4.79 Å². The highest BCUT2D eigenvalue weighted by atomic mass is 16.4. The third-order valence-electron chi connectivity index (χ3n) is 2.45. The van der Waals surface area contributed by atoms with E-state index in [9.17, 15) is 4.79 Å². The Labute approximate surface area is 76.2 Å². The number of aromatic nitrogens is 2. The lowest BCUT2D eigenvalue weighted by atomic mass is 10.1. The van der Waals surface area contributed by atoms with Gasteiger partial charge in [-0.3, -0.25) is 4.79 Å². The van der Waals surface area contributed by atoms with E-state index < -0.39 is 11.9 Å². The average Bonchev–Trinajstić information content (AvgIpc) is 2.83. The van der Waals surface area contributed by atoms with E-state index in [0.29, 0.717) is 6.04 Å². The van der Waals surface area contributed by atoms with Crippen LogP contribution >= 0.6 is 0 Å². The number of imidazole rings is 1. The molecule has 1 aliphatic rings. The van der Waals surface area contributed by atoms with Gasteiger partial charge >= 0.3 is 5.97 Å². The molecule has 1 aromatic heterocycles. The van der Waals surface area contributed by atoms with Crippen molar-refractivity contribution in [3.05, 3.63) is 18.2 Å². The maximum Gasteiger partial charge on any atom is 0.312 e. The molecule has 1 aromatic rings. The van der Waals surface area contributed by atoms with Crippen LogP contribution in [0.5, 0.6) is 0 Å². The zero-order valence-corrected chi connectivity index (χ0v) is 7.47. The van der Waals surface area contributed by atoms with Crippen LogP contribution in [0.4, 0.5) is 0 Å². The fourth-order valence-electron chi connectivity index (χ4n) is 1.43. The van der Waals surface area contributed by atoms with E-state index in [2.05, 4.69) is 4.98 Å². The zero-order chi connectivity index (χ0) is 9.42. The highest BCUT2D eigenvalue weighted by Gasteiger charge is 2.28. The molecule has 1 heterocycles. The third kappa shape index (κ3) is 1.43. The maximum atomic E-state index is 10.8. The molecule has 0 spiro atoms. The largest absolute Gasteiger partial charge is 0.481 e. The molecule has 4 heteroatoms. The van der Waals surface area contributed by atoms with Gasteiger partial charge in [0.2, 0.25) is 0 Å². The molecule has 1 fully saturated rings. The third-order valence-corrected chi connectivity index (χ3v) is 2.45. The number of carboxylic acid groups (broad SMARTS) is 1. The molecule has 1 saturated carbocycles. The van der Waals surface area contributed by atoms with Gasteiger partial charge in [-0.05, 0) is 19.8 Å². The van der Waals surface area contributed by atoms with E-state index >= 15 is 0 Å². The van der Waals surface area contributed by atoms with Crippen molar-refractivity contribution in [2.75, 3.05) is 0 Å². The molecule has 0 radical (unpaired) electrons. The van der Waals surface area contributed by atoms with Gasteiger partial charge in [0.15, 0.2) is 0 Å². The molecule has 2 rings (SSSR count). The van der Waals surface area contributed by atoms with Crippen LogP contribution in [0, 0.1) is 0 Å². The van der Waals surface area contributed by atoms with Gasteiger partial charge in [-0.2, -0.15) is 0 Å². The quantitative estimate of drug-likeness (QED) is 0.765. The van der Waals surface area contributed by atoms with E-state index in [4.69, 9.17) is 5.11 Å². The molecule has 1 N–H and O–H groups in total. The van der Waals surface area contributed by atoms with Gasteiger partial charge < -0.3 is 9.67 Å². The summed E-state index contributed by atoms with van der Waals surface area (Å²) < 4.78 is 1.98. The molecular formula is C9H12N2O2. The van der Waals surface area contributed by atoms with Crippen molar-refractivity contribution in [3.8, 4) is 0 Å². The Morgan fingerprint density at radius 3 is 3.00 bits per heavy atom. The van der Waals surface area contributed by atoms with Crippen molar-refractivity contribution >= 4 is 5.97 Å². The zero-order valence-electron chi connectivity index (χ0n) is 7.47. The van der Waals surface area contributed by atoms with Crippen molar-refractivity contribution in [1.29, 1.82) is 0 Å². The summed E-state index contributed by atoms with van der Waals surface area (Å²) in [4.78, 5) is 14.7. The minimum absolute atomic E-state index is 0.455. The lowest BCUT2D eigenvalue weighted by molar-refractivity contribution is -0.138. The number of rotatable bonds is 3. The molecule has 0 aromatic carbocycles. The van der Waals surface area contributed by atoms with Crippen LogP contribution in [0.3, 0.4) is 0 Å². The highest BCUT2D eigenvalue weighted by molar-refractivity contribution is 5.74. The Morgan fingerprint density at radius 2 is 2.46 bits per heavy atom. The van der Waals surface area contributed by atoms with Crippen LogP contribution in [0.1, 0.15) is 37.4 Å². The standard InChI is InChI=1S/C9H12N2O2/c1-6(9(12)13)8-4-10-5-11(8)7-2-3-7/h4-7H,2-3H2,1H3,(H,12,13). The molecule has 1 atom stereocenters. The second-order valence-electron chi connectivity index (χ2n) is 3.52. The molecule has 1 aliphatic carbocycles. The molecule has 1 unspecified atom stereocenters. The van der Waals surface area contributed by atoms with E-state index in [1.54, 1.807) is 19.4 Å². The van der Waals surface area contributed by atoms with Gasteiger partial charge in [-0.1, -0.05) is 0 Å². The maximum absolute atomic E-state index is 10.8. The van der Waals surface area contributed by atoms with Crippen molar-refractivity contribution in [2.45, 2.75) is 31.7 Å². The normalized spacial score (nSPS) is 18.5. The first kappa shape index (κ1) is 8.29. The van der Waals surface area contributed by atoms with Gasteiger partial charge in [0.25, 0.3) is 0 Å². The summed E-state index contributed by atoms with van der Waals surface area (Å²) in [6, 6.07) is 0.499. The first-order valence-electron chi connectivity index (χ1n) is 4.44. The van der Waals surface area contributed by atoms with Crippen molar-refractivity contribution < 1.29 is 9.90 Å². The molecular weight excluding hydrogens is 168 g/mol. The first-order valence-corrected chi connectivity index (χ1v) is 4.44. The summed E-state index contributed by atoms with van der Waals surface area (Å²) in [7, 11) is 0. The van der Waals surface area contributed by atoms with Crippen LogP contribution < -0.4 is 0 Å². The number of hydrogen-bond acceptors (Lipinski definition) is 2. The second kappa shape index (κ2) is 2.87. The van der Waals surface area contributed by atoms with Gasteiger partial charge in [0.1, 0.15) is 0 Å². The molecule has 0 aliphatic heterocycles. The Balaban J connectivity index is 2.27. The smallest absolute Gasteiger partial charge is 0.312 e. The molecule has 0 amide bonds. The second-order valence-corrected chi connectivity index (χ2v) is 3.52. The molecule has 0 bridgehead atoms. The molecule has 13 heavy (non-hydrogen) atoms. The average molecular weight is 180 g/mol. The topological polar surface area (TPSA) is 55.1 Å². The lowest BCUT2D eigenvalue weighted by Gasteiger charge is -2.09. The summed E-state index contributed by atoms with van der Waals surface area (Å²) in [6.07, 6.45) is 5.68. The fraction of sp³-hybridized carbons (Fsp3) is 0.556. The van der Waals surface area contributed by atoms with Crippen LogP contribution in [0.25, 0.3) is 0 Å². The summed E-state index contributed by atoms with van der Waals surface area (Å²) in [5.74, 6) is -1.24. The fourth-order valence-corrected chi connectivity index (χ4v) is 1.43. The minimum atomic E-state index is -0.789. The van der Waals surface area contributed by atoms with Crippen molar-refractivity contribution in [2.24, 2.45) is 0 Å².